The van der Waals surface area contributed by atoms with Gasteiger partial charge in [-0.25, -0.2) is 0 Å². The number of hydrogen-bond acceptors (Lipinski definition) is 5. The van der Waals surface area contributed by atoms with E-state index in [0.29, 0.717) is 11.1 Å². The fraction of sp³-hybridized carbons (Fsp3) is 0.125. The summed E-state index contributed by atoms with van der Waals surface area (Å²) in [6.45, 7) is 3.06. The maximum atomic E-state index is 12.3. The van der Waals surface area contributed by atoms with Gasteiger partial charge in [0, 0.05) is 11.1 Å². The molecule has 2 aromatic rings. The number of primary amides is 1. The zero-order chi connectivity index (χ0) is 17.2. The molecule has 0 aromatic heterocycles. The van der Waals surface area contributed by atoms with Crippen LogP contribution in [-0.4, -0.2) is 20.1 Å². The van der Waals surface area contributed by atoms with Crippen molar-refractivity contribution in [3.8, 4) is 5.75 Å². The third kappa shape index (κ3) is 3.75. The van der Waals surface area contributed by atoms with Crippen LogP contribution in [0, 0.1) is 6.92 Å². The highest BCUT2D eigenvalue weighted by molar-refractivity contribution is 7.87. The van der Waals surface area contributed by atoms with Gasteiger partial charge in [-0.1, -0.05) is 6.07 Å². The first-order chi connectivity index (χ1) is 10.7. The van der Waals surface area contributed by atoms with Crippen LogP contribution in [0.15, 0.2) is 47.4 Å². The standard InChI is InChI=1S/C16H15NO5S/c1-10-3-8-14(9-15(10)16(17)19)23(20,21)22-13-6-4-12(5-7-13)11(2)18/h3-9H,1-2H3,(H2,17,19). The Morgan fingerprint density at radius 1 is 1.04 bits per heavy atom. The van der Waals surface area contributed by atoms with Crippen molar-refractivity contribution in [2.45, 2.75) is 18.7 Å². The number of benzene rings is 2. The van der Waals surface area contributed by atoms with Gasteiger partial charge < -0.3 is 9.92 Å². The second-order valence-electron chi connectivity index (χ2n) is 4.96. The van der Waals surface area contributed by atoms with Crippen molar-refractivity contribution in [2.75, 3.05) is 0 Å². The molecule has 23 heavy (non-hydrogen) atoms. The third-order valence-corrected chi connectivity index (χ3v) is 4.47. The smallest absolute Gasteiger partial charge is 0.339 e. The molecule has 0 heterocycles. The summed E-state index contributed by atoms with van der Waals surface area (Å²) in [5.41, 5.74) is 6.35. The molecular weight excluding hydrogens is 318 g/mol. The molecule has 2 aromatic carbocycles. The molecule has 1 amide bonds. The first-order valence-corrected chi connectivity index (χ1v) is 8.07. The fourth-order valence-corrected chi connectivity index (χ4v) is 2.90. The molecule has 0 radical (unpaired) electrons. The van der Waals surface area contributed by atoms with Gasteiger partial charge in [-0.3, -0.25) is 9.59 Å². The second-order valence-corrected chi connectivity index (χ2v) is 6.51. The van der Waals surface area contributed by atoms with Gasteiger partial charge in [0.25, 0.3) is 0 Å². The first kappa shape index (κ1) is 16.7. The third-order valence-electron chi connectivity index (χ3n) is 3.23. The zero-order valence-corrected chi connectivity index (χ0v) is 13.4. The Bertz CT molecular complexity index is 870. The molecule has 0 fully saturated rings. The number of hydrogen-bond donors (Lipinski definition) is 1. The molecule has 120 valence electrons. The van der Waals surface area contributed by atoms with Gasteiger partial charge >= 0.3 is 10.1 Å². The van der Waals surface area contributed by atoms with Crippen LogP contribution in [0.25, 0.3) is 0 Å². The van der Waals surface area contributed by atoms with Crippen LogP contribution in [0.2, 0.25) is 0 Å². The van der Waals surface area contributed by atoms with Gasteiger partial charge in [-0.15, -0.1) is 0 Å². The first-order valence-electron chi connectivity index (χ1n) is 6.66. The molecule has 2 N–H and O–H groups in total. The van der Waals surface area contributed by atoms with Crippen LogP contribution in [0.5, 0.6) is 5.75 Å². The molecule has 7 heteroatoms. The van der Waals surface area contributed by atoms with Gasteiger partial charge in [0.05, 0.1) is 0 Å². The van der Waals surface area contributed by atoms with E-state index in [1.807, 2.05) is 0 Å². The second kappa shape index (κ2) is 6.21. The topological polar surface area (TPSA) is 104 Å². The average Bonchev–Trinajstić information content (AvgIpc) is 2.47. The van der Waals surface area contributed by atoms with E-state index in [1.165, 1.54) is 49.4 Å². The number of rotatable bonds is 5. The number of amides is 1. The molecule has 0 spiro atoms. The van der Waals surface area contributed by atoms with E-state index < -0.39 is 16.0 Å². The molecule has 0 saturated carbocycles. The van der Waals surface area contributed by atoms with E-state index in [4.69, 9.17) is 9.92 Å². The van der Waals surface area contributed by atoms with Crippen molar-refractivity contribution in [1.82, 2.24) is 0 Å². The SMILES string of the molecule is CC(=O)c1ccc(OS(=O)(=O)c2ccc(C)c(C(N)=O)c2)cc1. The molecule has 0 aliphatic rings. The number of carbonyl (C=O) groups excluding carboxylic acids is 2. The Labute approximate surface area is 134 Å². The molecule has 0 unspecified atom stereocenters. The minimum atomic E-state index is -4.11. The van der Waals surface area contributed by atoms with Gasteiger partial charge in [-0.2, -0.15) is 8.42 Å². The lowest BCUT2D eigenvalue weighted by Gasteiger charge is -2.09. The molecule has 0 bridgehead atoms. The summed E-state index contributed by atoms with van der Waals surface area (Å²) in [6, 6.07) is 9.70. The summed E-state index contributed by atoms with van der Waals surface area (Å²) in [4.78, 5) is 22.3. The van der Waals surface area contributed by atoms with Crippen molar-refractivity contribution in [1.29, 1.82) is 0 Å². The van der Waals surface area contributed by atoms with Crippen LogP contribution < -0.4 is 9.92 Å². The monoisotopic (exact) mass is 333 g/mol. The summed E-state index contributed by atoms with van der Waals surface area (Å²) in [7, 11) is -4.11. The number of Topliss-reactive ketones (excluding diaryl/α,β-unsaturated/α-hetero) is 1. The van der Waals surface area contributed by atoms with Gasteiger partial charge in [0.2, 0.25) is 5.91 Å². The van der Waals surface area contributed by atoms with Gasteiger partial charge in [0.1, 0.15) is 10.6 Å². The summed E-state index contributed by atoms with van der Waals surface area (Å²) in [5, 5.41) is 0. The molecule has 6 nitrogen and oxygen atoms in total. The normalized spacial score (nSPS) is 11.0. The number of nitrogens with two attached hydrogens (primary N) is 1. The lowest BCUT2D eigenvalue weighted by atomic mass is 10.1. The fourth-order valence-electron chi connectivity index (χ4n) is 1.94. The average molecular weight is 333 g/mol. The van der Waals surface area contributed by atoms with Crippen molar-refractivity contribution < 1.29 is 22.2 Å². The Kier molecular flexibility index (Phi) is 4.51. The molecule has 0 saturated heterocycles. The van der Waals surface area contributed by atoms with Crippen molar-refractivity contribution in [3.05, 3.63) is 59.2 Å². The molecule has 0 aliphatic carbocycles. The predicted molar refractivity (Wildman–Crippen MR) is 84.0 cm³/mol. The van der Waals surface area contributed by atoms with E-state index in [9.17, 15) is 18.0 Å². The largest absolute Gasteiger partial charge is 0.379 e. The summed E-state index contributed by atoms with van der Waals surface area (Å²) >= 11 is 0. The molecule has 0 aliphatic heterocycles. The van der Waals surface area contributed by atoms with Gasteiger partial charge in [-0.05, 0) is 55.8 Å². The van der Waals surface area contributed by atoms with E-state index in [-0.39, 0.29) is 22.0 Å². The van der Waals surface area contributed by atoms with Crippen molar-refractivity contribution in [2.24, 2.45) is 5.73 Å². The number of ketones is 1. The van der Waals surface area contributed by atoms with E-state index >= 15 is 0 Å². The lowest BCUT2D eigenvalue weighted by molar-refractivity contribution is 0.0995. The number of aryl methyl sites for hydroxylation is 1. The van der Waals surface area contributed by atoms with Crippen LogP contribution >= 0.6 is 0 Å². The van der Waals surface area contributed by atoms with E-state index in [2.05, 4.69) is 0 Å². The van der Waals surface area contributed by atoms with E-state index in [0.717, 1.165) is 0 Å². The number of carbonyl (C=O) groups is 2. The maximum absolute atomic E-state index is 12.3. The maximum Gasteiger partial charge on any atom is 0.339 e. The Morgan fingerprint density at radius 2 is 1.65 bits per heavy atom. The predicted octanol–water partition coefficient (Wildman–Crippen LogP) is 2.06. The van der Waals surface area contributed by atoms with Crippen LogP contribution in [0.1, 0.15) is 33.2 Å². The summed E-state index contributed by atoms with van der Waals surface area (Å²) in [5.74, 6) is -0.786. The highest BCUT2D eigenvalue weighted by atomic mass is 32.2. The van der Waals surface area contributed by atoms with Crippen LogP contribution in [0.3, 0.4) is 0 Å². The molecule has 0 atom stereocenters. The summed E-state index contributed by atoms with van der Waals surface area (Å²) in [6.07, 6.45) is 0. The van der Waals surface area contributed by atoms with Crippen LogP contribution in [0.4, 0.5) is 0 Å². The van der Waals surface area contributed by atoms with Crippen LogP contribution in [-0.2, 0) is 10.1 Å². The Hall–Kier alpha value is -2.67. The quantitative estimate of drug-likeness (QED) is 0.666. The zero-order valence-electron chi connectivity index (χ0n) is 12.6. The van der Waals surface area contributed by atoms with Crippen molar-refractivity contribution >= 4 is 21.8 Å². The van der Waals surface area contributed by atoms with Crippen molar-refractivity contribution in [3.63, 3.8) is 0 Å². The molecular formula is C16H15NO5S. The minimum Gasteiger partial charge on any atom is -0.379 e. The Balaban J connectivity index is 2.33. The minimum absolute atomic E-state index is 0.0659. The highest BCUT2D eigenvalue weighted by Gasteiger charge is 2.19. The van der Waals surface area contributed by atoms with E-state index in [1.54, 1.807) is 6.92 Å². The Morgan fingerprint density at radius 3 is 2.17 bits per heavy atom. The molecule has 2 rings (SSSR count). The van der Waals surface area contributed by atoms with Gasteiger partial charge in [0.15, 0.2) is 5.78 Å². The lowest BCUT2D eigenvalue weighted by Crippen LogP contribution is -2.15. The highest BCUT2D eigenvalue weighted by Crippen LogP contribution is 2.21. The summed E-state index contributed by atoms with van der Waals surface area (Å²) < 4.78 is 29.5.